The Bertz CT molecular complexity index is 1940. The number of hydrogen-bond acceptors (Lipinski definition) is 4. The molecule has 4 aromatic carbocycles. The highest BCUT2D eigenvalue weighted by Gasteiger charge is 2.71. The van der Waals surface area contributed by atoms with E-state index in [9.17, 15) is 17.6 Å². The molecule has 1 aromatic heterocycles. The molecule has 7 rings (SSSR count). The summed E-state index contributed by atoms with van der Waals surface area (Å²) in [6, 6.07) is 27.4. The summed E-state index contributed by atoms with van der Waals surface area (Å²) in [7, 11) is -3.56. The van der Waals surface area contributed by atoms with Crippen LogP contribution in [0.25, 0.3) is 16.6 Å². The molecule has 0 radical (unpaired) electrons. The maximum absolute atomic E-state index is 13.8. The molecule has 5 aromatic rings. The number of piperidine rings is 1. The summed E-state index contributed by atoms with van der Waals surface area (Å²) < 4.78 is 40.3. The van der Waals surface area contributed by atoms with E-state index in [1.165, 1.54) is 29.3 Å². The molecule has 1 amide bonds. The Labute approximate surface area is 238 Å². The van der Waals surface area contributed by atoms with Gasteiger partial charge in [0, 0.05) is 36.1 Å². The molecule has 1 aliphatic heterocycles. The van der Waals surface area contributed by atoms with Gasteiger partial charge >= 0.3 is 0 Å². The highest BCUT2D eigenvalue weighted by atomic mass is 32.2. The second-order valence-corrected chi connectivity index (χ2v) is 13.2. The summed E-state index contributed by atoms with van der Waals surface area (Å²) in [6.07, 6.45) is 2.96. The molecule has 6 nitrogen and oxygen atoms in total. The van der Waals surface area contributed by atoms with E-state index in [0.29, 0.717) is 13.1 Å². The number of halogens is 1. The second-order valence-electron chi connectivity index (χ2n) is 11.2. The number of likely N-dealkylation sites (tertiary alicyclic amines) is 1. The highest BCUT2D eigenvalue weighted by molar-refractivity contribution is 7.90. The fourth-order valence-corrected chi connectivity index (χ4v) is 7.90. The topological polar surface area (TPSA) is 72.3 Å². The first kappa shape index (κ1) is 25.7. The van der Waals surface area contributed by atoms with Crippen LogP contribution in [0.15, 0.2) is 102 Å². The second kappa shape index (κ2) is 9.11. The molecule has 0 spiro atoms. The molecule has 3 unspecified atom stereocenters. The number of rotatable bonds is 5. The summed E-state index contributed by atoms with van der Waals surface area (Å²) in [4.78, 5) is 15.7. The zero-order chi connectivity index (χ0) is 28.5. The van der Waals surface area contributed by atoms with Crippen molar-refractivity contribution in [2.45, 2.75) is 23.2 Å². The monoisotopic (exact) mass is 565 g/mol. The maximum atomic E-state index is 13.8. The molecule has 0 bridgehead atoms. The van der Waals surface area contributed by atoms with Crippen molar-refractivity contribution in [2.24, 2.45) is 5.92 Å². The Morgan fingerprint density at radius 2 is 1.68 bits per heavy atom. The van der Waals surface area contributed by atoms with Crippen molar-refractivity contribution in [3.8, 4) is 5.69 Å². The number of sulfone groups is 1. The minimum atomic E-state index is -3.56. The predicted octanol–water partition coefficient (Wildman–Crippen LogP) is 5.68. The summed E-state index contributed by atoms with van der Waals surface area (Å²) in [5.74, 6) is -0.120. The Morgan fingerprint density at radius 1 is 0.976 bits per heavy atom. The fourth-order valence-electron chi connectivity index (χ4n) is 7.02. The van der Waals surface area contributed by atoms with Gasteiger partial charge in [-0.25, -0.2) is 17.5 Å². The van der Waals surface area contributed by atoms with Gasteiger partial charge in [-0.05, 0) is 78.1 Å². The lowest BCUT2D eigenvalue weighted by Crippen LogP contribution is -2.35. The van der Waals surface area contributed by atoms with Crippen LogP contribution in [0, 0.1) is 18.7 Å². The lowest BCUT2D eigenvalue weighted by molar-refractivity contribution is 0.0765. The largest absolute Gasteiger partial charge is 0.337 e. The summed E-state index contributed by atoms with van der Waals surface area (Å²) in [5.41, 5.74) is 5.13. The van der Waals surface area contributed by atoms with Crippen molar-refractivity contribution in [3.63, 3.8) is 0 Å². The van der Waals surface area contributed by atoms with Crippen LogP contribution in [-0.4, -0.2) is 48.4 Å². The SMILES string of the molecule is Cc1cc2c(cnn2-c2ccc(F)cc2)cc1C12CN(C(=O)c3ccccc3S(C)(=O)=O)CC1C2c1ccccc1. The van der Waals surface area contributed by atoms with E-state index in [2.05, 4.69) is 36.3 Å². The van der Waals surface area contributed by atoms with E-state index < -0.39 is 9.84 Å². The van der Waals surface area contributed by atoms with E-state index in [0.717, 1.165) is 28.4 Å². The van der Waals surface area contributed by atoms with Gasteiger partial charge < -0.3 is 4.90 Å². The summed E-state index contributed by atoms with van der Waals surface area (Å²) in [5, 5.41) is 5.57. The van der Waals surface area contributed by atoms with Gasteiger partial charge in [-0.1, -0.05) is 42.5 Å². The predicted molar refractivity (Wildman–Crippen MR) is 156 cm³/mol. The minimum absolute atomic E-state index is 0.0602. The van der Waals surface area contributed by atoms with E-state index in [1.807, 2.05) is 34.0 Å². The first-order valence-electron chi connectivity index (χ1n) is 13.6. The number of nitrogens with zero attached hydrogens (tertiary/aromatic N) is 3. The van der Waals surface area contributed by atoms with Crippen molar-refractivity contribution >= 4 is 26.6 Å². The van der Waals surface area contributed by atoms with E-state index in [4.69, 9.17) is 0 Å². The van der Waals surface area contributed by atoms with Gasteiger partial charge in [0.25, 0.3) is 5.91 Å². The van der Waals surface area contributed by atoms with Crippen LogP contribution in [0.1, 0.15) is 33.0 Å². The fraction of sp³-hybridized carbons (Fsp3) is 0.212. The van der Waals surface area contributed by atoms with Crippen molar-refractivity contribution in [2.75, 3.05) is 19.3 Å². The number of fused-ring (bicyclic) bond motifs is 2. The Kier molecular flexibility index (Phi) is 5.70. The summed E-state index contributed by atoms with van der Waals surface area (Å²) in [6.45, 7) is 3.13. The lowest BCUT2D eigenvalue weighted by Gasteiger charge is -2.26. The third kappa shape index (κ3) is 4.00. The van der Waals surface area contributed by atoms with Gasteiger partial charge in [0.2, 0.25) is 0 Å². The molecule has 41 heavy (non-hydrogen) atoms. The Balaban J connectivity index is 1.31. The number of amides is 1. The Hall–Kier alpha value is -4.30. The van der Waals surface area contributed by atoms with Crippen LogP contribution in [0.2, 0.25) is 0 Å². The maximum Gasteiger partial charge on any atom is 0.255 e. The number of benzene rings is 4. The molecule has 2 heterocycles. The first-order valence-corrected chi connectivity index (χ1v) is 15.5. The molecule has 1 saturated heterocycles. The van der Waals surface area contributed by atoms with E-state index >= 15 is 0 Å². The summed E-state index contributed by atoms with van der Waals surface area (Å²) >= 11 is 0. The smallest absolute Gasteiger partial charge is 0.255 e. The molecular formula is C33H28FN3O3S. The standard InChI is InChI=1S/C33H28FN3O3S/c1-21-16-29-23(18-35-37(29)25-14-12-24(34)13-15-25)17-27(21)33-20-36(19-28(33)31(33)22-8-4-3-5-9-22)32(38)26-10-6-7-11-30(26)41(2,39)40/h3-18,28,31H,19-20H2,1-2H3. The van der Waals surface area contributed by atoms with Crippen molar-refractivity contribution in [3.05, 3.63) is 125 Å². The molecule has 206 valence electrons. The van der Waals surface area contributed by atoms with Gasteiger partial charge in [-0.3, -0.25) is 4.79 Å². The van der Waals surface area contributed by atoms with Crippen LogP contribution >= 0.6 is 0 Å². The number of hydrogen-bond donors (Lipinski definition) is 0. The number of carbonyl (C=O) groups is 1. The number of aryl methyl sites for hydroxylation is 1. The number of aromatic nitrogens is 2. The molecule has 3 atom stereocenters. The normalized spacial score (nSPS) is 21.7. The molecular weight excluding hydrogens is 537 g/mol. The quantitative estimate of drug-likeness (QED) is 0.275. The molecule has 2 fully saturated rings. The van der Waals surface area contributed by atoms with Gasteiger partial charge in [0.05, 0.1) is 27.9 Å². The van der Waals surface area contributed by atoms with Crippen molar-refractivity contribution in [1.82, 2.24) is 14.7 Å². The average molecular weight is 566 g/mol. The van der Waals surface area contributed by atoms with Crippen LogP contribution in [-0.2, 0) is 15.3 Å². The molecule has 0 N–H and O–H groups in total. The molecule has 2 aliphatic rings. The van der Waals surface area contributed by atoms with Gasteiger partial charge in [0.15, 0.2) is 9.84 Å². The van der Waals surface area contributed by atoms with Crippen molar-refractivity contribution < 1.29 is 17.6 Å². The van der Waals surface area contributed by atoms with Crippen LogP contribution in [0.5, 0.6) is 0 Å². The van der Waals surface area contributed by atoms with Gasteiger partial charge in [-0.15, -0.1) is 0 Å². The number of carbonyl (C=O) groups excluding carboxylic acids is 1. The Morgan fingerprint density at radius 3 is 2.41 bits per heavy atom. The van der Waals surface area contributed by atoms with Crippen LogP contribution in [0.3, 0.4) is 0 Å². The molecule has 1 aliphatic carbocycles. The van der Waals surface area contributed by atoms with Crippen LogP contribution < -0.4 is 0 Å². The van der Waals surface area contributed by atoms with Crippen molar-refractivity contribution in [1.29, 1.82) is 0 Å². The van der Waals surface area contributed by atoms with Gasteiger partial charge in [-0.2, -0.15) is 5.10 Å². The third-order valence-corrected chi connectivity index (χ3v) is 9.98. The van der Waals surface area contributed by atoms with E-state index in [1.54, 1.807) is 30.3 Å². The molecule has 8 heteroatoms. The van der Waals surface area contributed by atoms with Gasteiger partial charge in [0.1, 0.15) is 5.82 Å². The first-order chi connectivity index (χ1) is 19.7. The zero-order valence-corrected chi connectivity index (χ0v) is 23.5. The molecule has 1 saturated carbocycles. The highest BCUT2D eigenvalue weighted by Crippen LogP contribution is 2.70. The lowest BCUT2D eigenvalue weighted by atomic mass is 9.86. The third-order valence-electron chi connectivity index (χ3n) is 8.83. The van der Waals surface area contributed by atoms with Crippen LogP contribution in [0.4, 0.5) is 4.39 Å². The van der Waals surface area contributed by atoms with E-state index in [-0.39, 0.29) is 39.4 Å². The zero-order valence-electron chi connectivity index (χ0n) is 22.7. The minimum Gasteiger partial charge on any atom is -0.337 e. The average Bonchev–Trinajstić information content (AvgIpc) is 3.22.